The summed E-state index contributed by atoms with van der Waals surface area (Å²) in [5.74, 6) is -1.03. The smallest absolute Gasteiger partial charge is 0.416 e. The fraction of sp³-hybridized carbons (Fsp3) is 0.154. The van der Waals surface area contributed by atoms with Crippen LogP contribution in [0.4, 0.5) is 18.9 Å². The lowest BCUT2D eigenvalue weighted by atomic mass is 10.1. The summed E-state index contributed by atoms with van der Waals surface area (Å²) >= 11 is 0. The molecule has 37 heavy (non-hydrogen) atoms. The van der Waals surface area contributed by atoms with Gasteiger partial charge in [0.25, 0.3) is 11.8 Å². The number of nitrogens with one attached hydrogen (secondary N) is 2. The van der Waals surface area contributed by atoms with Gasteiger partial charge < -0.3 is 15.4 Å². The molecule has 3 aromatic carbocycles. The number of aromatic nitrogens is 3. The second kappa shape index (κ2) is 10.5. The fourth-order valence-electron chi connectivity index (χ4n) is 3.51. The molecule has 1 heterocycles. The molecule has 0 saturated heterocycles. The Bertz CT molecular complexity index is 1430. The number of anilines is 1. The van der Waals surface area contributed by atoms with Crippen LogP contribution in [0, 0.1) is 6.92 Å². The van der Waals surface area contributed by atoms with Gasteiger partial charge in [0.1, 0.15) is 5.75 Å². The number of methoxy groups -OCH3 is 1. The van der Waals surface area contributed by atoms with Crippen molar-refractivity contribution in [1.29, 1.82) is 0 Å². The number of rotatable bonds is 7. The monoisotopic (exact) mass is 509 g/mol. The highest BCUT2D eigenvalue weighted by Crippen LogP contribution is 2.34. The van der Waals surface area contributed by atoms with Crippen LogP contribution in [0.3, 0.4) is 0 Å². The van der Waals surface area contributed by atoms with Gasteiger partial charge in [0, 0.05) is 23.9 Å². The highest BCUT2D eigenvalue weighted by atomic mass is 19.4. The number of nitrogens with zero attached hydrogens (tertiary/aromatic N) is 3. The molecule has 0 unspecified atom stereocenters. The maximum Gasteiger partial charge on any atom is 0.416 e. The summed E-state index contributed by atoms with van der Waals surface area (Å²) in [5.41, 5.74) is 1.90. The van der Waals surface area contributed by atoms with E-state index in [2.05, 4.69) is 20.9 Å². The molecule has 0 aliphatic rings. The van der Waals surface area contributed by atoms with E-state index >= 15 is 0 Å². The van der Waals surface area contributed by atoms with Crippen molar-refractivity contribution in [3.05, 3.63) is 101 Å². The van der Waals surface area contributed by atoms with Gasteiger partial charge in [-0.05, 0) is 48.9 Å². The summed E-state index contributed by atoms with van der Waals surface area (Å²) in [4.78, 5) is 25.0. The standard InChI is InChI=1S/C26H22F3N5O3/c1-16-4-3-5-17(10-16)14-30-25(36)23-15-34(33-32-23)21-8-6-18(7-9-21)24(35)31-20-11-19(26(27,28)29)12-22(13-20)37-2/h3-13,15H,14H2,1-2H3,(H,30,36)(H,31,35). The van der Waals surface area contributed by atoms with Crippen LogP contribution in [0.25, 0.3) is 5.69 Å². The highest BCUT2D eigenvalue weighted by Gasteiger charge is 2.31. The van der Waals surface area contributed by atoms with Crippen LogP contribution in [-0.4, -0.2) is 33.9 Å². The molecule has 8 nitrogen and oxygen atoms in total. The second-order valence-corrected chi connectivity index (χ2v) is 8.17. The van der Waals surface area contributed by atoms with E-state index in [9.17, 15) is 22.8 Å². The number of aryl methyl sites for hydroxylation is 1. The minimum absolute atomic E-state index is 0.0367. The van der Waals surface area contributed by atoms with Crippen LogP contribution < -0.4 is 15.4 Å². The van der Waals surface area contributed by atoms with E-state index in [0.717, 1.165) is 23.3 Å². The second-order valence-electron chi connectivity index (χ2n) is 8.17. The lowest BCUT2D eigenvalue weighted by Gasteiger charge is -2.12. The van der Waals surface area contributed by atoms with Crippen molar-refractivity contribution in [1.82, 2.24) is 20.3 Å². The Hall–Kier alpha value is -4.67. The number of hydrogen-bond donors (Lipinski definition) is 2. The highest BCUT2D eigenvalue weighted by molar-refractivity contribution is 6.04. The molecule has 0 aliphatic carbocycles. The minimum Gasteiger partial charge on any atom is -0.497 e. The number of halogens is 3. The van der Waals surface area contributed by atoms with E-state index in [1.54, 1.807) is 12.1 Å². The van der Waals surface area contributed by atoms with Crippen molar-refractivity contribution in [2.24, 2.45) is 0 Å². The van der Waals surface area contributed by atoms with Gasteiger partial charge in [0.15, 0.2) is 5.69 Å². The Morgan fingerprint density at radius 3 is 2.43 bits per heavy atom. The van der Waals surface area contributed by atoms with Crippen molar-refractivity contribution in [3.8, 4) is 11.4 Å². The van der Waals surface area contributed by atoms with Crippen LogP contribution in [0.15, 0.2) is 72.9 Å². The maximum absolute atomic E-state index is 13.1. The molecule has 0 radical (unpaired) electrons. The summed E-state index contributed by atoms with van der Waals surface area (Å²) in [6.45, 7) is 2.31. The molecule has 0 saturated carbocycles. The van der Waals surface area contributed by atoms with E-state index in [0.29, 0.717) is 12.2 Å². The third-order valence-electron chi connectivity index (χ3n) is 5.38. The molecule has 0 spiro atoms. The zero-order valence-corrected chi connectivity index (χ0v) is 19.8. The Morgan fingerprint density at radius 1 is 1.00 bits per heavy atom. The summed E-state index contributed by atoms with van der Waals surface area (Å²) in [5, 5.41) is 13.1. The first-order valence-electron chi connectivity index (χ1n) is 11.1. The van der Waals surface area contributed by atoms with E-state index in [1.165, 1.54) is 36.2 Å². The fourth-order valence-corrected chi connectivity index (χ4v) is 3.51. The average Bonchev–Trinajstić information content (AvgIpc) is 3.37. The molecule has 4 aromatic rings. The number of benzene rings is 3. The van der Waals surface area contributed by atoms with Gasteiger partial charge in [0.05, 0.1) is 24.6 Å². The Balaban J connectivity index is 1.42. The Labute approximate surface area is 210 Å². The van der Waals surface area contributed by atoms with Crippen LogP contribution in [0.2, 0.25) is 0 Å². The van der Waals surface area contributed by atoms with Crippen LogP contribution in [0.5, 0.6) is 5.75 Å². The van der Waals surface area contributed by atoms with Crippen LogP contribution in [-0.2, 0) is 12.7 Å². The van der Waals surface area contributed by atoms with Gasteiger partial charge in [-0.1, -0.05) is 35.0 Å². The van der Waals surface area contributed by atoms with Crippen LogP contribution in [0.1, 0.15) is 37.5 Å². The predicted octanol–water partition coefficient (Wildman–Crippen LogP) is 4.79. The van der Waals surface area contributed by atoms with E-state index in [1.807, 2.05) is 31.2 Å². The number of carbonyl (C=O) groups is 2. The summed E-state index contributed by atoms with van der Waals surface area (Å²) in [6, 6.07) is 16.8. The number of ether oxygens (including phenoxy) is 1. The first kappa shape index (κ1) is 25.4. The van der Waals surface area contributed by atoms with Gasteiger partial charge in [-0.15, -0.1) is 5.10 Å². The minimum atomic E-state index is -4.59. The SMILES string of the molecule is COc1cc(NC(=O)c2ccc(-n3cc(C(=O)NCc4cccc(C)c4)nn3)cc2)cc(C(F)(F)F)c1. The molecule has 0 bridgehead atoms. The maximum atomic E-state index is 13.1. The van der Waals surface area contributed by atoms with Crippen molar-refractivity contribution in [2.45, 2.75) is 19.6 Å². The zero-order valence-electron chi connectivity index (χ0n) is 19.8. The van der Waals surface area contributed by atoms with Crippen molar-refractivity contribution >= 4 is 17.5 Å². The number of hydrogen-bond acceptors (Lipinski definition) is 5. The summed E-state index contributed by atoms with van der Waals surface area (Å²) in [6.07, 6.45) is -3.14. The normalized spacial score (nSPS) is 11.2. The van der Waals surface area contributed by atoms with Gasteiger partial charge in [-0.2, -0.15) is 13.2 Å². The molecule has 2 N–H and O–H groups in total. The lowest BCUT2D eigenvalue weighted by Crippen LogP contribution is -2.23. The first-order valence-corrected chi connectivity index (χ1v) is 11.1. The Morgan fingerprint density at radius 2 is 1.76 bits per heavy atom. The van der Waals surface area contributed by atoms with E-state index < -0.39 is 17.6 Å². The first-order chi connectivity index (χ1) is 17.6. The number of amides is 2. The van der Waals surface area contributed by atoms with E-state index in [-0.39, 0.29) is 28.6 Å². The number of carbonyl (C=O) groups excluding carboxylic acids is 2. The molecule has 0 aliphatic heterocycles. The van der Waals surface area contributed by atoms with Gasteiger partial charge in [0.2, 0.25) is 0 Å². The third kappa shape index (κ3) is 6.31. The van der Waals surface area contributed by atoms with Crippen molar-refractivity contribution in [3.63, 3.8) is 0 Å². The van der Waals surface area contributed by atoms with Crippen molar-refractivity contribution in [2.75, 3.05) is 12.4 Å². The van der Waals surface area contributed by atoms with Crippen LogP contribution >= 0.6 is 0 Å². The quantitative estimate of drug-likeness (QED) is 0.374. The molecule has 0 fully saturated rings. The Kier molecular flexibility index (Phi) is 7.23. The molecule has 0 atom stereocenters. The summed E-state index contributed by atoms with van der Waals surface area (Å²) in [7, 11) is 1.24. The molecule has 1 aromatic heterocycles. The molecular formula is C26H22F3N5O3. The summed E-state index contributed by atoms with van der Waals surface area (Å²) < 4.78 is 45.7. The zero-order chi connectivity index (χ0) is 26.6. The van der Waals surface area contributed by atoms with E-state index in [4.69, 9.17) is 4.74 Å². The predicted molar refractivity (Wildman–Crippen MR) is 130 cm³/mol. The topological polar surface area (TPSA) is 98.1 Å². The molecule has 190 valence electrons. The van der Waals surface area contributed by atoms with Crippen molar-refractivity contribution < 1.29 is 27.5 Å². The van der Waals surface area contributed by atoms with Gasteiger partial charge in [-0.3, -0.25) is 9.59 Å². The van der Waals surface area contributed by atoms with Gasteiger partial charge >= 0.3 is 6.18 Å². The molecule has 11 heteroatoms. The lowest BCUT2D eigenvalue weighted by molar-refractivity contribution is -0.137. The molecule has 4 rings (SSSR count). The largest absolute Gasteiger partial charge is 0.497 e. The molecule has 2 amide bonds. The average molecular weight is 509 g/mol. The number of alkyl halides is 3. The molecular weight excluding hydrogens is 487 g/mol. The third-order valence-corrected chi connectivity index (χ3v) is 5.38. The van der Waals surface area contributed by atoms with Gasteiger partial charge in [-0.25, -0.2) is 4.68 Å².